The van der Waals surface area contributed by atoms with Gasteiger partial charge in [-0.1, -0.05) is 6.92 Å². The second-order valence-corrected chi connectivity index (χ2v) is 4.29. The number of hydrogen-bond acceptors (Lipinski definition) is 2. The van der Waals surface area contributed by atoms with E-state index in [1.807, 2.05) is 19.4 Å². The average molecular weight is 232 g/mol. The van der Waals surface area contributed by atoms with Gasteiger partial charge < -0.3 is 14.5 Å². The Hall–Kier alpha value is -1.55. The molecule has 0 amide bonds. The third kappa shape index (κ3) is 2.58. The van der Waals surface area contributed by atoms with Crippen LogP contribution in [0.3, 0.4) is 0 Å². The SMILES string of the molecule is CCNC(C)c1cccn1Cc1nccn1C. The lowest BCUT2D eigenvalue weighted by molar-refractivity contribution is 0.546. The molecule has 0 aliphatic carbocycles. The molecule has 17 heavy (non-hydrogen) atoms. The Balaban J connectivity index is 2.17. The summed E-state index contributed by atoms with van der Waals surface area (Å²) in [6.45, 7) is 6.12. The summed E-state index contributed by atoms with van der Waals surface area (Å²) < 4.78 is 4.30. The van der Waals surface area contributed by atoms with E-state index >= 15 is 0 Å². The molecule has 0 spiro atoms. The number of hydrogen-bond donors (Lipinski definition) is 1. The lowest BCUT2D eigenvalue weighted by Crippen LogP contribution is -2.21. The minimum absolute atomic E-state index is 0.371. The number of rotatable bonds is 5. The minimum atomic E-state index is 0.371. The van der Waals surface area contributed by atoms with Crippen LogP contribution in [0.1, 0.15) is 31.4 Å². The van der Waals surface area contributed by atoms with Crippen LogP contribution in [0.5, 0.6) is 0 Å². The molecule has 4 heteroatoms. The van der Waals surface area contributed by atoms with Gasteiger partial charge in [-0.15, -0.1) is 0 Å². The Morgan fingerprint density at radius 1 is 1.41 bits per heavy atom. The predicted molar refractivity (Wildman–Crippen MR) is 68.8 cm³/mol. The van der Waals surface area contributed by atoms with E-state index in [0.29, 0.717) is 6.04 Å². The number of aromatic nitrogens is 3. The lowest BCUT2D eigenvalue weighted by Gasteiger charge is -2.16. The zero-order chi connectivity index (χ0) is 12.3. The van der Waals surface area contributed by atoms with Crippen molar-refractivity contribution in [2.24, 2.45) is 7.05 Å². The maximum absolute atomic E-state index is 4.36. The molecule has 92 valence electrons. The monoisotopic (exact) mass is 232 g/mol. The Bertz CT molecular complexity index is 469. The molecule has 1 atom stereocenters. The molecule has 0 fully saturated rings. The second-order valence-electron chi connectivity index (χ2n) is 4.29. The summed E-state index contributed by atoms with van der Waals surface area (Å²) in [6, 6.07) is 4.62. The van der Waals surface area contributed by atoms with Crippen LogP contribution < -0.4 is 5.32 Å². The van der Waals surface area contributed by atoms with Crippen LogP contribution in [-0.4, -0.2) is 20.7 Å². The highest BCUT2D eigenvalue weighted by Crippen LogP contribution is 2.14. The van der Waals surface area contributed by atoms with Crippen LogP contribution in [0.4, 0.5) is 0 Å². The fraction of sp³-hybridized carbons (Fsp3) is 0.462. The molecule has 2 heterocycles. The van der Waals surface area contributed by atoms with Crippen molar-refractivity contribution >= 4 is 0 Å². The van der Waals surface area contributed by atoms with Gasteiger partial charge in [0.2, 0.25) is 0 Å². The van der Waals surface area contributed by atoms with Crippen LogP contribution >= 0.6 is 0 Å². The number of nitrogens with one attached hydrogen (secondary N) is 1. The van der Waals surface area contributed by atoms with Gasteiger partial charge in [-0.2, -0.15) is 0 Å². The quantitative estimate of drug-likeness (QED) is 0.855. The van der Waals surface area contributed by atoms with Gasteiger partial charge in [0.1, 0.15) is 5.82 Å². The van der Waals surface area contributed by atoms with E-state index in [1.54, 1.807) is 0 Å². The van der Waals surface area contributed by atoms with E-state index in [2.05, 4.69) is 51.6 Å². The van der Waals surface area contributed by atoms with Crippen molar-refractivity contribution in [3.63, 3.8) is 0 Å². The van der Waals surface area contributed by atoms with Crippen molar-refractivity contribution < 1.29 is 0 Å². The van der Waals surface area contributed by atoms with Gasteiger partial charge in [0.15, 0.2) is 0 Å². The highest BCUT2D eigenvalue weighted by Gasteiger charge is 2.10. The topological polar surface area (TPSA) is 34.8 Å². The third-order valence-corrected chi connectivity index (χ3v) is 3.05. The molecule has 2 aromatic rings. The Morgan fingerprint density at radius 2 is 2.24 bits per heavy atom. The third-order valence-electron chi connectivity index (χ3n) is 3.05. The normalized spacial score (nSPS) is 12.9. The van der Waals surface area contributed by atoms with Gasteiger partial charge in [-0.25, -0.2) is 4.98 Å². The fourth-order valence-electron chi connectivity index (χ4n) is 2.08. The van der Waals surface area contributed by atoms with E-state index in [9.17, 15) is 0 Å². The van der Waals surface area contributed by atoms with E-state index in [4.69, 9.17) is 0 Å². The molecule has 2 aromatic heterocycles. The summed E-state index contributed by atoms with van der Waals surface area (Å²) in [5.41, 5.74) is 1.30. The van der Waals surface area contributed by atoms with Crippen molar-refractivity contribution in [3.8, 4) is 0 Å². The summed E-state index contributed by atoms with van der Waals surface area (Å²) in [4.78, 5) is 4.36. The number of imidazole rings is 1. The summed E-state index contributed by atoms with van der Waals surface area (Å²) in [5, 5.41) is 3.43. The molecule has 0 aliphatic rings. The van der Waals surface area contributed by atoms with Gasteiger partial charge >= 0.3 is 0 Å². The summed E-state index contributed by atoms with van der Waals surface area (Å²) >= 11 is 0. The summed E-state index contributed by atoms with van der Waals surface area (Å²) in [6.07, 6.45) is 5.93. The maximum Gasteiger partial charge on any atom is 0.128 e. The molecule has 4 nitrogen and oxygen atoms in total. The molecular formula is C13H20N4. The standard InChI is InChI=1S/C13H20N4/c1-4-14-11(2)12-6-5-8-17(12)10-13-15-7-9-16(13)3/h5-9,11,14H,4,10H2,1-3H3. The molecule has 1 N–H and O–H groups in total. The largest absolute Gasteiger partial charge is 0.342 e. The van der Waals surface area contributed by atoms with Gasteiger partial charge in [0.05, 0.1) is 6.54 Å². The highest BCUT2D eigenvalue weighted by atomic mass is 15.1. The van der Waals surface area contributed by atoms with Gasteiger partial charge in [0, 0.05) is 37.4 Å². The molecule has 0 aliphatic heterocycles. The molecule has 0 saturated carbocycles. The van der Waals surface area contributed by atoms with Gasteiger partial charge in [-0.3, -0.25) is 0 Å². The zero-order valence-corrected chi connectivity index (χ0v) is 10.7. The van der Waals surface area contributed by atoms with Crippen molar-refractivity contribution in [3.05, 3.63) is 42.2 Å². The highest BCUT2D eigenvalue weighted by molar-refractivity contribution is 5.13. The van der Waals surface area contributed by atoms with E-state index in [-0.39, 0.29) is 0 Å². The smallest absolute Gasteiger partial charge is 0.128 e. The van der Waals surface area contributed by atoms with Crippen LogP contribution in [-0.2, 0) is 13.6 Å². The Labute approximate surface area is 102 Å². The minimum Gasteiger partial charge on any atom is -0.342 e. The van der Waals surface area contributed by atoms with Gasteiger partial charge in [0.25, 0.3) is 0 Å². The maximum atomic E-state index is 4.36. The van der Waals surface area contributed by atoms with E-state index in [0.717, 1.165) is 18.9 Å². The molecule has 0 aromatic carbocycles. The molecule has 0 saturated heterocycles. The molecular weight excluding hydrogens is 212 g/mol. The first kappa shape index (κ1) is 11.9. The number of nitrogens with zero attached hydrogens (tertiary/aromatic N) is 3. The lowest BCUT2D eigenvalue weighted by atomic mass is 10.2. The van der Waals surface area contributed by atoms with Crippen molar-refractivity contribution in [1.82, 2.24) is 19.4 Å². The molecule has 1 unspecified atom stereocenters. The number of aryl methyl sites for hydroxylation is 1. The summed E-state index contributed by atoms with van der Waals surface area (Å²) in [5.74, 6) is 1.08. The molecule has 0 bridgehead atoms. The zero-order valence-electron chi connectivity index (χ0n) is 10.7. The van der Waals surface area contributed by atoms with Crippen molar-refractivity contribution in [2.75, 3.05) is 6.54 Å². The predicted octanol–water partition coefficient (Wildman–Crippen LogP) is 1.94. The second kappa shape index (κ2) is 5.19. The first-order valence-electron chi connectivity index (χ1n) is 6.07. The van der Waals surface area contributed by atoms with Crippen molar-refractivity contribution in [2.45, 2.75) is 26.4 Å². The summed E-state index contributed by atoms with van der Waals surface area (Å²) in [7, 11) is 2.03. The Morgan fingerprint density at radius 3 is 2.88 bits per heavy atom. The van der Waals surface area contributed by atoms with E-state index < -0.39 is 0 Å². The molecule has 2 rings (SSSR count). The van der Waals surface area contributed by atoms with E-state index in [1.165, 1.54) is 5.69 Å². The Kier molecular flexibility index (Phi) is 3.64. The van der Waals surface area contributed by atoms with Crippen LogP contribution in [0, 0.1) is 0 Å². The first-order chi connectivity index (χ1) is 8.22. The fourth-order valence-corrected chi connectivity index (χ4v) is 2.08. The first-order valence-corrected chi connectivity index (χ1v) is 6.07. The van der Waals surface area contributed by atoms with Crippen molar-refractivity contribution in [1.29, 1.82) is 0 Å². The van der Waals surface area contributed by atoms with Crippen LogP contribution in [0.15, 0.2) is 30.7 Å². The van der Waals surface area contributed by atoms with Gasteiger partial charge in [-0.05, 0) is 25.6 Å². The molecule has 0 radical (unpaired) electrons. The van der Waals surface area contributed by atoms with Crippen LogP contribution in [0.2, 0.25) is 0 Å². The van der Waals surface area contributed by atoms with Crippen LogP contribution in [0.25, 0.3) is 0 Å². The average Bonchev–Trinajstić information content (AvgIpc) is 2.90.